The maximum atomic E-state index is 12.4. The number of carbonyl (C=O) groups excluding carboxylic acids is 1. The number of nitrogens with two attached hydrogens (primary N) is 1. The lowest BCUT2D eigenvalue weighted by Gasteiger charge is -2.36. The van der Waals surface area contributed by atoms with Gasteiger partial charge in [-0.05, 0) is 39.1 Å². The van der Waals surface area contributed by atoms with Crippen molar-refractivity contribution in [3.05, 3.63) is 22.8 Å². The fourth-order valence-corrected chi connectivity index (χ4v) is 2.60. The number of aromatic nitrogens is 1. The number of carbonyl (C=O) groups is 1. The summed E-state index contributed by atoms with van der Waals surface area (Å²) in [7, 11) is 4.08. The smallest absolute Gasteiger partial charge is 0.254 e. The Morgan fingerprint density at radius 1 is 1.53 bits per heavy atom. The number of halogens is 1. The molecule has 1 amide bonds. The Hall–Kier alpha value is -1.33. The third kappa shape index (κ3) is 3.36. The third-order valence-electron chi connectivity index (χ3n) is 3.47. The van der Waals surface area contributed by atoms with Crippen molar-refractivity contribution in [1.29, 1.82) is 0 Å². The molecule has 1 unspecified atom stereocenters. The first-order valence-corrected chi connectivity index (χ1v) is 6.74. The van der Waals surface area contributed by atoms with Crippen LogP contribution in [0.3, 0.4) is 0 Å². The van der Waals surface area contributed by atoms with E-state index in [0.29, 0.717) is 11.6 Å². The van der Waals surface area contributed by atoms with Gasteiger partial charge in [0.1, 0.15) is 11.0 Å². The van der Waals surface area contributed by atoms with Crippen molar-refractivity contribution in [1.82, 2.24) is 14.8 Å². The molecule has 1 aliphatic rings. The van der Waals surface area contributed by atoms with Crippen molar-refractivity contribution in [2.75, 3.05) is 32.9 Å². The van der Waals surface area contributed by atoms with Crippen molar-refractivity contribution >= 4 is 23.3 Å². The quantitative estimate of drug-likeness (QED) is 0.835. The molecule has 2 N–H and O–H groups in total. The number of piperidine rings is 1. The van der Waals surface area contributed by atoms with Crippen LogP contribution in [0.15, 0.2) is 12.1 Å². The van der Waals surface area contributed by atoms with Crippen molar-refractivity contribution in [2.45, 2.75) is 18.9 Å². The Bertz CT molecular complexity index is 457. The standard InChI is InChI=1S/C13H19ClN4O/c1-17(2)10-4-3-5-18(8-10)13(19)9-6-11(14)16-12(15)7-9/h6-7,10H,3-5,8H2,1-2H3,(H2,15,16). The number of hydrogen-bond acceptors (Lipinski definition) is 4. The Kier molecular flexibility index (Phi) is 4.27. The second-order valence-corrected chi connectivity index (χ2v) is 5.50. The van der Waals surface area contributed by atoms with Crippen LogP contribution in [0.2, 0.25) is 5.15 Å². The highest BCUT2D eigenvalue weighted by molar-refractivity contribution is 6.29. The van der Waals surface area contributed by atoms with Crippen LogP contribution in [0.4, 0.5) is 5.82 Å². The van der Waals surface area contributed by atoms with Crippen LogP contribution < -0.4 is 5.73 Å². The molecule has 0 aromatic carbocycles. The van der Waals surface area contributed by atoms with Crippen LogP contribution in [-0.2, 0) is 0 Å². The highest BCUT2D eigenvalue weighted by Crippen LogP contribution is 2.19. The molecule has 2 heterocycles. The normalized spacial score (nSPS) is 19.8. The summed E-state index contributed by atoms with van der Waals surface area (Å²) < 4.78 is 0. The van der Waals surface area contributed by atoms with Gasteiger partial charge in [0.25, 0.3) is 5.91 Å². The molecule has 2 rings (SSSR count). The fraction of sp³-hybridized carbons (Fsp3) is 0.538. The highest BCUT2D eigenvalue weighted by Gasteiger charge is 2.25. The minimum Gasteiger partial charge on any atom is -0.384 e. The van der Waals surface area contributed by atoms with E-state index < -0.39 is 0 Å². The maximum Gasteiger partial charge on any atom is 0.254 e. The van der Waals surface area contributed by atoms with E-state index in [0.717, 1.165) is 25.9 Å². The number of likely N-dealkylation sites (tertiary alicyclic amines) is 1. The summed E-state index contributed by atoms with van der Waals surface area (Å²) in [6.45, 7) is 1.52. The highest BCUT2D eigenvalue weighted by atomic mass is 35.5. The van der Waals surface area contributed by atoms with Crippen molar-refractivity contribution < 1.29 is 4.79 Å². The number of likely N-dealkylation sites (N-methyl/N-ethyl adjacent to an activating group) is 1. The summed E-state index contributed by atoms with van der Waals surface area (Å²) >= 11 is 5.84. The zero-order valence-corrected chi connectivity index (χ0v) is 12.0. The minimum atomic E-state index is -0.0254. The molecule has 1 aliphatic heterocycles. The Balaban J connectivity index is 2.14. The van der Waals surface area contributed by atoms with Crippen molar-refractivity contribution in [3.63, 3.8) is 0 Å². The topological polar surface area (TPSA) is 62.5 Å². The van der Waals surface area contributed by atoms with Crippen LogP contribution in [0, 0.1) is 0 Å². The minimum absolute atomic E-state index is 0.0254. The Morgan fingerprint density at radius 3 is 2.89 bits per heavy atom. The molecule has 0 bridgehead atoms. The number of nitrogens with zero attached hydrogens (tertiary/aromatic N) is 3. The number of amides is 1. The SMILES string of the molecule is CN(C)C1CCCN(C(=O)c2cc(N)nc(Cl)c2)C1. The number of nitrogen functional groups attached to an aromatic ring is 1. The molecule has 1 atom stereocenters. The van der Waals surface area contributed by atoms with Gasteiger partial charge in [-0.15, -0.1) is 0 Å². The zero-order chi connectivity index (χ0) is 14.0. The maximum absolute atomic E-state index is 12.4. The lowest BCUT2D eigenvalue weighted by Crippen LogP contribution is -2.47. The van der Waals surface area contributed by atoms with E-state index in [2.05, 4.69) is 9.88 Å². The summed E-state index contributed by atoms with van der Waals surface area (Å²) in [6.07, 6.45) is 2.14. The first kappa shape index (κ1) is 14.1. The van der Waals surface area contributed by atoms with Crippen LogP contribution >= 0.6 is 11.6 Å². The van der Waals surface area contributed by atoms with Gasteiger partial charge >= 0.3 is 0 Å². The summed E-state index contributed by atoms with van der Waals surface area (Å²) in [5.74, 6) is 0.250. The molecule has 1 saturated heterocycles. The zero-order valence-electron chi connectivity index (χ0n) is 11.3. The Labute approximate surface area is 118 Å². The molecule has 5 nitrogen and oxygen atoms in total. The van der Waals surface area contributed by atoms with Gasteiger partial charge < -0.3 is 15.5 Å². The molecule has 0 spiro atoms. The fourth-order valence-electron chi connectivity index (χ4n) is 2.38. The van der Waals surface area contributed by atoms with E-state index in [1.807, 2.05) is 19.0 Å². The van der Waals surface area contributed by atoms with Crippen LogP contribution in [0.5, 0.6) is 0 Å². The molecule has 6 heteroatoms. The monoisotopic (exact) mass is 282 g/mol. The average Bonchev–Trinajstić information content (AvgIpc) is 2.37. The molecule has 104 valence electrons. The van der Waals surface area contributed by atoms with Crippen LogP contribution in [-0.4, -0.2) is 53.9 Å². The van der Waals surface area contributed by atoms with Gasteiger partial charge in [-0.25, -0.2) is 4.98 Å². The first-order valence-electron chi connectivity index (χ1n) is 6.36. The molecular formula is C13H19ClN4O. The van der Waals surface area contributed by atoms with Crippen molar-refractivity contribution in [2.24, 2.45) is 0 Å². The van der Waals surface area contributed by atoms with Crippen molar-refractivity contribution in [3.8, 4) is 0 Å². The van der Waals surface area contributed by atoms with Gasteiger partial charge in [-0.2, -0.15) is 0 Å². The van der Waals surface area contributed by atoms with Crippen LogP contribution in [0.25, 0.3) is 0 Å². The Morgan fingerprint density at radius 2 is 2.26 bits per heavy atom. The van der Waals surface area contributed by atoms with E-state index in [-0.39, 0.29) is 16.9 Å². The molecule has 1 aromatic heterocycles. The number of hydrogen-bond donors (Lipinski definition) is 1. The van der Waals surface area contributed by atoms with Gasteiger partial charge in [0.05, 0.1) is 0 Å². The van der Waals surface area contributed by atoms with Gasteiger partial charge in [-0.3, -0.25) is 4.79 Å². The lowest BCUT2D eigenvalue weighted by molar-refractivity contribution is 0.0635. The number of anilines is 1. The van der Waals surface area contributed by atoms with E-state index >= 15 is 0 Å². The van der Waals surface area contributed by atoms with Gasteiger partial charge in [0.15, 0.2) is 0 Å². The van der Waals surface area contributed by atoms with Crippen LogP contribution in [0.1, 0.15) is 23.2 Å². The molecular weight excluding hydrogens is 264 g/mol. The van der Waals surface area contributed by atoms with E-state index in [1.54, 1.807) is 12.1 Å². The molecule has 0 aliphatic carbocycles. The molecule has 1 aromatic rings. The summed E-state index contributed by atoms with van der Waals surface area (Å²) in [6, 6.07) is 3.56. The van der Waals surface area contributed by atoms with E-state index in [1.165, 1.54) is 0 Å². The number of pyridine rings is 1. The average molecular weight is 283 g/mol. The molecule has 0 radical (unpaired) electrons. The first-order chi connectivity index (χ1) is 8.97. The predicted octanol–water partition coefficient (Wildman–Crippen LogP) is 1.48. The summed E-state index contributed by atoms with van der Waals surface area (Å²) in [5.41, 5.74) is 6.14. The van der Waals surface area contributed by atoms with Gasteiger partial charge in [-0.1, -0.05) is 11.6 Å². The molecule has 0 saturated carbocycles. The molecule has 1 fully saturated rings. The third-order valence-corrected chi connectivity index (χ3v) is 3.67. The molecule has 19 heavy (non-hydrogen) atoms. The largest absolute Gasteiger partial charge is 0.384 e. The second-order valence-electron chi connectivity index (χ2n) is 5.11. The summed E-state index contributed by atoms with van der Waals surface area (Å²) in [4.78, 5) is 20.3. The second kappa shape index (κ2) is 5.75. The van der Waals surface area contributed by atoms with E-state index in [9.17, 15) is 4.79 Å². The van der Waals surface area contributed by atoms with Gasteiger partial charge in [0.2, 0.25) is 0 Å². The number of rotatable bonds is 2. The van der Waals surface area contributed by atoms with Gasteiger partial charge in [0, 0.05) is 24.7 Å². The lowest BCUT2D eigenvalue weighted by atomic mass is 10.0. The van der Waals surface area contributed by atoms with E-state index in [4.69, 9.17) is 17.3 Å². The summed E-state index contributed by atoms with van der Waals surface area (Å²) in [5, 5.41) is 0.254. The predicted molar refractivity (Wildman–Crippen MR) is 76.3 cm³/mol.